The summed E-state index contributed by atoms with van der Waals surface area (Å²) >= 11 is 1.72. The summed E-state index contributed by atoms with van der Waals surface area (Å²) in [6.45, 7) is 4.31. The van der Waals surface area contributed by atoms with Gasteiger partial charge in [-0.3, -0.25) is 4.68 Å². The lowest BCUT2D eigenvalue weighted by Crippen LogP contribution is -1.86. The van der Waals surface area contributed by atoms with Crippen LogP contribution >= 0.6 is 11.3 Å². The standard InChI is InChI=1S/C10H13N3S/c1-7(2)10-11-6-9(14-10)8-4-5-13(3)12-8/h4-7H,1-3H3. The van der Waals surface area contributed by atoms with Crippen LogP contribution in [0.2, 0.25) is 0 Å². The molecule has 0 unspecified atom stereocenters. The van der Waals surface area contributed by atoms with Gasteiger partial charge in [0.25, 0.3) is 0 Å². The third kappa shape index (κ3) is 1.70. The van der Waals surface area contributed by atoms with Gasteiger partial charge in [0.15, 0.2) is 0 Å². The summed E-state index contributed by atoms with van der Waals surface area (Å²) in [7, 11) is 1.92. The van der Waals surface area contributed by atoms with Crippen molar-refractivity contribution in [2.24, 2.45) is 7.05 Å². The molecule has 0 saturated heterocycles. The second kappa shape index (κ2) is 3.53. The fourth-order valence-electron chi connectivity index (χ4n) is 1.22. The lowest BCUT2D eigenvalue weighted by atomic mass is 10.2. The summed E-state index contributed by atoms with van der Waals surface area (Å²) < 4.78 is 1.81. The van der Waals surface area contributed by atoms with Gasteiger partial charge in [0.1, 0.15) is 5.69 Å². The van der Waals surface area contributed by atoms with E-state index in [9.17, 15) is 0 Å². The van der Waals surface area contributed by atoms with E-state index in [2.05, 4.69) is 23.9 Å². The Morgan fingerprint density at radius 2 is 2.21 bits per heavy atom. The van der Waals surface area contributed by atoms with Crippen LogP contribution in [0.15, 0.2) is 18.5 Å². The highest BCUT2D eigenvalue weighted by atomic mass is 32.1. The Bertz CT molecular complexity index is 428. The maximum absolute atomic E-state index is 4.37. The molecule has 0 atom stereocenters. The van der Waals surface area contributed by atoms with Crippen LogP contribution in [0.1, 0.15) is 24.8 Å². The van der Waals surface area contributed by atoms with Crippen molar-refractivity contribution in [2.45, 2.75) is 19.8 Å². The van der Waals surface area contributed by atoms with Crippen LogP contribution in [0.3, 0.4) is 0 Å². The fraction of sp³-hybridized carbons (Fsp3) is 0.400. The van der Waals surface area contributed by atoms with Gasteiger partial charge in [-0.1, -0.05) is 13.8 Å². The predicted octanol–water partition coefficient (Wildman–Crippen LogP) is 2.67. The van der Waals surface area contributed by atoms with Crippen LogP contribution in [0.25, 0.3) is 10.6 Å². The van der Waals surface area contributed by atoms with Gasteiger partial charge in [0.05, 0.1) is 9.88 Å². The van der Waals surface area contributed by atoms with E-state index < -0.39 is 0 Å². The van der Waals surface area contributed by atoms with E-state index in [1.165, 1.54) is 5.01 Å². The second-order valence-electron chi connectivity index (χ2n) is 3.59. The lowest BCUT2D eigenvalue weighted by molar-refractivity contribution is 0.771. The van der Waals surface area contributed by atoms with Gasteiger partial charge < -0.3 is 0 Å². The lowest BCUT2D eigenvalue weighted by Gasteiger charge is -1.95. The topological polar surface area (TPSA) is 30.7 Å². The summed E-state index contributed by atoms with van der Waals surface area (Å²) in [4.78, 5) is 5.52. The van der Waals surface area contributed by atoms with Gasteiger partial charge >= 0.3 is 0 Å². The first kappa shape index (κ1) is 9.40. The quantitative estimate of drug-likeness (QED) is 0.758. The average molecular weight is 207 g/mol. The number of aromatic nitrogens is 3. The second-order valence-corrected chi connectivity index (χ2v) is 4.65. The predicted molar refractivity (Wildman–Crippen MR) is 58.4 cm³/mol. The van der Waals surface area contributed by atoms with Crippen molar-refractivity contribution >= 4 is 11.3 Å². The number of aryl methyl sites for hydroxylation is 1. The number of thiazole rings is 1. The van der Waals surface area contributed by atoms with Crippen molar-refractivity contribution in [1.82, 2.24) is 14.8 Å². The zero-order valence-corrected chi connectivity index (χ0v) is 9.38. The maximum Gasteiger partial charge on any atom is 0.104 e. The molecule has 14 heavy (non-hydrogen) atoms. The molecule has 0 aliphatic rings. The van der Waals surface area contributed by atoms with Crippen LogP contribution in [-0.2, 0) is 7.05 Å². The Morgan fingerprint density at radius 3 is 2.71 bits per heavy atom. The maximum atomic E-state index is 4.37. The van der Waals surface area contributed by atoms with Crippen molar-refractivity contribution in [3.8, 4) is 10.6 Å². The third-order valence-corrected chi connectivity index (χ3v) is 3.30. The molecular weight excluding hydrogens is 194 g/mol. The number of hydrogen-bond donors (Lipinski definition) is 0. The largest absolute Gasteiger partial charge is 0.275 e. The molecular formula is C10H13N3S. The smallest absolute Gasteiger partial charge is 0.104 e. The molecule has 0 amide bonds. The van der Waals surface area contributed by atoms with E-state index in [4.69, 9.17) is 0 Å². The van der Waals surface area contributed by atoms with Crippen molar-refractivity contribution in [2.75, 3.05) is 0 Å². The molecule has 0 fully saturated rings. The molecule has 74 valence electrons. The van der Waals surface area contributed by atoms with Crippen LogP contribution < -0.4 is 0 Å². The Kier molecular flexibility index (Phi) is 2.37. The van der Waals surface area contributed by atoms with Gasteiger partial charge in [-0.2, -0.15) is 5.10 Å². The summed E-state index contributed by atoms with van der Waals surface area (Å²) in [6, 6.07) is 2.01. The van der Waals surface area contributed by atoms with Crippen molar-refractivity contribution in [1.29, 1.82) is 0 Å². The third-order valence-electron chi connectivity index (χ3n) is 1.98. The van der Waals surface area contributed by atoms with Crippen LogP contribution in [-0.4, -0.2) is 14.8 Å². The fourth-order valence-corrected chi connectivity index (χ4v) is 2.10. The number of nitrogens with zero attached hydrogens (tertiary/aromatic N) is 3. The number of hydrogen-bond acceptors (Lipinski definition) is 3. The van der Waals surface area contributed by atoms with E-state index in [0.29, 0.717) is 5.92 Å². The summed E-state index contributed by atoms with van der Waals surface area (Å²) in [5.41, 5.74) is 1.01. The molecule has 3 nitrogen and oxygen atoms in total. The highest BCUT2D eigenvalue weighted by Crippen LogP contribution is 2.28. The van der Waals surface area contributed by atoms with Gasteiger partial charge in [0, 0.05) is 25.4 Å². The van der Waals surface area contributed by atoms with Gasteiger partial charge in [-0.25, -0.2) is 4.98 Å². The Morgan fingerprint density at radius 1 is 1.43 bits per heavy atom. The molecule has 0 saturated carbocycles. The van der Waals surface area contributed by atoms with E-state index in [0.717, 1.165) is 10.6 Å². The van der Waals surface area contributed by atoms with E-state index in [1.54, 1.807) is 11.3 Å². The van der Waals surface area contributed by atoms with Crippen LogP contribution in [0.5, 0.6) is 0 Å². The Hall–Kier alpha value is -1.16. The Balaban J connectivity index is 2.33. The van der Waals surface area contributed by atoms with E-state index >= 15 is 0 Å². The highest BCUT2D eigenvalue weighted by Gasteiger charge is 2.08. The molecule has 0 radical (unpaired) electrons. The highest BCUT2D eigenvalue weighted by molar-refractivity contribution is 7.15. The van der Waals surface area contributed by atoms with Crippen molar-refractivity contribution < 1.29 is 0 Å². The number of rotatable bonds is 2. The monoisotopic (exact) mass is 207 g/mol. The summed E-state index contributed by atoms with van der Waals surface area (Å²) in [6.07, 6.45) is 3.85. The molecule has 0 spiro atoms. The van der Waals surface area contributed by atoms with E-state index in [1.807, 2.05) is 30.2 Å². The molecule has 2 aromatic heterocycles. The first-order valence-electron chi connectivity index (χ1n) is 4.62. The SMILES string of the molecule is CC(C)c1ncc(-c2ccn(C)n2)s1. The normalized spacial score (nSPS) is 11.1. The first-order valence-corrected chi connectivity index (χ1v) is 5.44. The minimum atomic E-state index is 0.498. The van der Waals surface area contributed by atoms with Gasteiger partial charge in [-0.15, -0.1) is 11.3 Å². The minimum Gasteiger partial charge on any atom is -0.275 e. The molecule has 0 aromatic carbocycles. The first-order chi connectivity index (χ1) is 6.66. The zero-order valence-electron chi connectivity index (χ0n) is 8.56. The molecule has 0 bridgehead atoms. The van der Waals surface area contributed by atoms with E-state index in [-0.39, 0.29) is 0 Å². The molecule has 2 aromatic rings. The van der Waals surface area contributed by atoms with Crippen molar-refractivity contribution in [3.63, 3.8) is 0 Å². The van der Waals surface area contributed by atoms with Gasteiger partial charge in [0.2, 0.25) is 0 Å². The molecule has 4 heteroatoms. The van der Waals surface area contributed by atoms with Crippen molar-refractivity contribution in [3.05, 3.63) is 23.5 Å². The molecule has 0 aliphatic heterocycles. The molecule has 0 N–H and O–H groups in total. The molecule has 2 heterocycles. The molecule has 0 aliphatic carbocycles. The molecule has 2 rings (SSSR count). The van der Waals surface area contributed by atoms with Gasteiger partial charge in [-0.05, 0) is 6.07 Å². The van der Waals surface area contributed by atoms with Crippen LogP contribution in [0.4, 0.5) is 0 Å². The average Bonchev–Trinajstić information content (AvgIpc) is 2.70. The summed E-state index contributed by atoms with van der Waals surface area (Å²) in [5, 5.41) is 5.51. The van der Waals surface area contributed by atoms with Crippen LogP contribution in [0, 0.1) is 0 Å². The zero-order chi connectivity index (χ0) is 10.1. The summed E-state index contributed by atoms with van der Waals surface area (Å²) in [5.74, 6) is 0.498. The minimum absolute atomic E-state index is 0.498. The Labute approximate surface area is 87.4 Å².